The highest BCUT2D eigenvalue weighted by atomic mass is 79.9. The van der Waals surface area contributed by atoms with Crippen LogP contribution in [0.25, 0.3) is 0 Å². The van der Waals surface area contributed by atoms with Crippen molar-refractivity contribution in [1.82, 2.24) is 0 Å². The summed E-state index contributed by atoms with van der Waals surface area (Å²) in [5, 5.41) is 0.773. The molecule has 0 atom stereocenters. The van der Waals surface area contributed by atoms with Crippen LogP contribution in [0.2, 0.25) is 5.02 Å². The van der Waals surface area contributed by atoms with Gasteiger partial charge in [-0.2, -0.15) is 0 Å². The number of benzene rings is 1. The fraction of sp³-hybridized carbons (Fsp3) is 0.143. The molecule has 0 saturated heterocycles. The highest BCUT2D eigenvalue weighted by Gasteiger charge is 2.02. The minimum atomic E-state index is 0.773. The average Bonchev–Trinajstić information content (AvgIpc) is 1.93. The average molecular weight is 284 g/mol. The standard InChI is InChI=1S/C7H5Br2Cl/c1-4-5(8)2-3-6(9)7(4)10/h2-3H,1H3. The molecule has 54 valence electrons. The molecule has 10 heavy (non-hydrogen) atoms. The van der Waals surface area contributed by atoms with E-state index in [4.69, 9.17) is 11.6 Å². The maximum absolute atomic E-state index is 5.91. The van der Waals surface area contributed by atoms with Crippen LogP contribution in [-0.2, 0) is 0 Å². The fourth-order valence-electron chi connectivity index (χ4n) is 0.628. The molecule has 0 unspecified atom stereocenters. The predicted molar refractivity (Wildman–Crippen MR) is 51.6 cm³/mol. The van der Waals surface area contributed by atoms with Crippen LogP contribution >= 0.6 is 43.5 Å². The first-order valence-corrected chi connectivity index (χ1v) is 4.69. The van der Waals surface area contributed by atoms with Gasteiger partial charge in [0.05, 0.1) is 5.02 Å². The number of hydrogen-bond acceptors (Lipinski definition) is 0. The number of rotatable bonds is 0. The smallest absolute Gasteiger partial charge is 0.0588 e. The minimum Gasteiger partial charge on any atom is -0.0828 e. The Balaban J connectivity index is 3.34. The molecule has 0 saturated carbocycles. The Kier molecular flexibility index (Phi) is 2.78. The van der Waals surface area contributed by atoms with Crippen LogP contribution in [0.15, 0.2) is 21.1 Å². The van der Waals surface area contributed by atoms with E-state index < -0.39 is 0 Å². The summed E-state index contributed by atoms with van der Waals surface area (Å²) in [5.41, 5.74) is 1.07. The molecule has 0 fully saturated rings. The van der Waals surface area contributed by atoms with Gasteiger partial charge in [-0.1, -0.05) is 27.5 Å². The van der Waals surface area contributed by atoms with Gasteiger partial charge in [0.15, 0.2) is 0 Å². The minimum absolute atomic E-state index is 0.773. The summed E-state index contributed by atoms with van der Waals surface area (Å²) in [6.07, 6.45) is 0. The van der Waals surface area contributed by atoms with Gasteiger partial charge in [0, 0.05) is 8.95 Å². The van der Waals surface area contributed by atoms with Gasteiger partial charge >= 0.3 is 0 Å². The zero-order valence-corrected chi connectivity index (χ0v) is 9.22. The maximum atomic E-state index is 5.91. The van der Waals surface area contributed by atoms with Gasteiger partial charge in [-0.3, -0.25) is 0 Å². The third-order valence-electron chi connectivity index (χ3n) is 1.27. The molecule has 0 aromatic heterocycles. The molecule has 0 aliphatic rings. The first-order valence-electron chi connectivity index (χ1n) is 2.73. The molecular formula is C7H5Br2Cl. The lowest BCUT2D eigenvalue weighted by Gasteiger charge is -2.01. The Morgan fingerprint density at radius 3 is 2.20 bits per heavy atom. The Hall–Kier alpha value is 0.470. The van der Waals surface area contributed by atoms with Gasteiger partial charge in [0.1, 0.15) is 0 Å². The lowest BCUT2D eigenvalue weighted by molar-refractivity contribution is 1.41. The van der Waals surface area contributed by atoms with E-state index in [1.54, 1.807) is 0 Å². The van der Waals surface area contributed by atoms with Crippen molar-refractivity contribution in [1.29, 1.82) is 0 Å². The van der Waals surface area contributed by atoms with Crippen molar-refractivity contribution < 1.29 is 0 Å². The van der Waals surface area contributed by atoms with E-state index in [9.17, 15) is 0 Å². The molecule has 3 heteroatoms. The Bertz CT molecular complexity index is 231. The lowest BCUT2D eigenvalue weighted by Crippen LogP contribution is -1.77. The summed E-state index contributed by atoms with van der Waals surface area (Å²) in [6, 6.07) is 3.88. The second-order valence-corrected chi connectivity index (χ2v) is 4.05. The molecular weight excluding hydrogens is 279 g/mol. The van der Waals surface area contributed by atoms with Gasteiger partial charge in [-0.25, -0.2) is 0 Å². The SMILES string of the molecule is Cc1c(Br)ccc(Br)c1Cl. The topological polar surface area (TPSA) is 0 Å². The van der Waals surface area contributed by atoms with Gasteiger partial charge in [0.25, 0.3) is 0 Å². The third kappa shape index (κ3) is 1.55. The molecule has 0 amide bonds. The predicted octanol–water partition coefficient (Wildman–Crippen LogP) is 4.17. The maximum Gasteiger partial charge on any atom is 0.0588 e. The summed E-state index contributed by atoms with van der Waals surface area (Å²) >= 11 is 12.6. The van der Waals surface area contributed by atoms with Crippen LogP contribution in [0.3, 0.4) is 0 Å². The lowest BCUT2D eigenvalue weighted by atomic mass is 10.2. The zero-order chi connectivity index (χ0) is 7.72. The van der Waals surface area contributed by atoms with Crippen LogP contribution < -0.4 is 0 Å². The molecule has 0 heterocycles. The van der Waals surface area contributed by atoms with Crippen LogP contribution in [-0.4, -0.2) is 0 Å². The van der Waals surface area contributed by atoms with Crippen molar-refractivity contribution in [3.63, 3.8) is 0 Å². The van der Waals surface area contributed by atoms with E-state index in [0.29, 0.717) is 0 Å². The van der Waals surface area contributed by atoms with E-state index in [0.717, 1.165) is 19.5 Å². The molecule has 0 aliphatic heterocycles. The molecule has 1 rings (SSSR count). The van der Waals surface area contributed by atoms with Gasteiger partial charge < -0.3 is 0 Å². The summed E-state index contributed by atoms with van der Waals surface area (Å²) in [6.45, 7) is 1.97. The van der Waals surface area contributed by atoms with E-state index in [2.05, 4.69) is 31.9 Å². The second kappa shape index (κ2) is 3.24. The van der Waals surface area contributed by atoms with Crippen molar-refractivity contribution in [3.8, 4) is 0 Å². The summed E-state index contributed by atoms with van der Waals surface area (Å²) in [5.74, 6) is 0. The van der Waals surface area contributed by atoms with E-state index in [1.165, 1.54) is 0 Å². The first-order chi connectivity index (χ1) is 4.63. The first kappa shape index (κ1) is 8.57. The molecule has 0 spiro atoms. The summed E-state index contributed by atoms with van der Waals surface area (Å²) in [4.78, 5) is 0. The van der Waals surface area contributed by atoms with Crippen LogP contribution in [0.1, 0.15) is 5.56 Å². The van der Waals surface area contributed by atoms with Crippen molar-refractivity contribution >= 4 is 43.5 Å². The van der Waals surface area contributed by atoms with Crippen molar-refractivity contribution in [2.75, 3.05) is 0 Å². The Labute approximate surface area is 81.8 Å². The molecule has 0 bridgehead atoms. The zero-order valence-electron chi connectivity index (χ0n) is 5.29. The quantitative estimate of drug-likeness (QED) is 0.627. The summed E-state index contributed by atoms with van der Waals surface area (Å²) < 4.78 is 1.98. The number of halogens is 3. The Morgan fingerprint density at radius 1 is 1.20 bits per heavy atom. The van der Waals surface area contributed by atoms with Crippen LogP contribution in [0, 0.1) is 6.92 Å². The molecule has 0 N–H and O–H groups in total. The van der Waals surface area contributed by atoms with Crippen LogP contribution in [0.4, 0.5) is 0 Å². The molecule has 1 aromatic rings. The van der Waals surface area contributed by atoms with E-state index in [1.807, 2.05) is 19.1 Å². The molecule has 0 aliphatic carbocycles. The largest absolute Gasteiger partial charge is 0.0828 e. The highest BCUT2D eigenvalue weighted by molar-refractivity contribution is 9.11. The van der Waals surface area contributed by atoms with Crippen molar-refractivity contribution in [2.24, 2.45) is 0 Å². The van der Waals surface area contributed by atoms with Gasteiger partial charge in [0.2, 0.25) is 0 Å². The second-order valence-electron chi connectivity index (χ2n) is 1.97. The summed E-state index contributed by atoms with van der Waals surface area (Å²) in [7, 11) is 0. The van der Waals surface area contributed by atoms with Crippen molar-refractivity contribution in [2.45, 2.75) is 6.92 Å². The molecule has 1 aromatic carbocycles. The van der Waals surface area contributed by atoms with E-state index >= 15 is 0 Å². The number of hydrogen-bond donors (Lipinski definition) is 0. The van der Waals surface area contributed by atoms with Gasteiger partial charge in [-0.05, 0) is 40.5 Å². The van der Waals surface area contributed by atoms with Crippen LogP contribution in [0.5, 0.6) is 0 Å². The Morgan fingerprint density at radius 2 is 1.70 bits per heavy atom. The van der Waals surface area contributed by atoms with Gasteiger partial charge in [-0.15, -0.1) is 0 Å². The normalized spacial score (nSPS) is 10.0. The third-order valence-corrected chi connectivity index (χ3v) is 3.51. The molecule has 0 radical (unpaired) electrons. The highest BCUT2D eigenvalue weighted by Crippen LogP contribution is 2.30. The van der Waals surface area contributed by atoms with Crippen molar-refractivity contribution in [3.05, 3.63) is 31.7 Å². The fourth-order valence-corrected chi connectivity index (χ4v) is 1.67. The monoisotopic (exact) mass is 282 g/mol. The van der Waals surface area contributed by atoms with E-state index in [-0.39, 0.29) is 0 Å². The molecule has 0 nitrogen and oxygen atoms in total.